The van der Waals surface area contributed by atoms with Crippen molar-refractivity contribution in [3.05, 3.63) is 102 Å². The van der Waals surface area contributed by atoms with Gasteiger partial charge in [0.25, 0.3) is 15.9 Å². The summed E-state index contributed by atoms with van der Waals surface area (Å²) in [6, 6.07) is 19.7. The van der Waals surface area contributed by atoms with Gasteiger partial charge in [-0.15, -0.1) is 0 Å². The van der Waals surface area contributed by atoms with E-state index in [-0.39, 0.29) is 23.0 Å². The fraction of sp³-hybridized carbons (Fsp3) is 0.111. The van der Waals surface area contributed by atoms with Gasteiger partial charge in [-0.1, -0.05) is 17.4 Å². The predicted molar refractivity (Wildman–Crippen MR) is 144 cm³/mol. The lowest BCUT2D eigenvalue weighted by Gasteiger charge is -2.19. The lowest BCUT2D eigenvalue weighted by molar-refractivity contribution is 0.0983. The van der Waals surface area contributed by atoms with Crippen molar-refractivity contribution in [1.82, 2.24) is 4.98 Å². The molecule has 5 rings (SSSR count). The first-order valence-corrected chi connectivity index (χ1v) is 13.9. The molecule has 0 fully saturated rings. The van der Waals surface area contributed by atoms with E-state index in [0.717, 1.165) is 16.8 Å². The lowest BCUT2D eigenvalue weighted by atomic mass is 10.2. The molecule has 3 aromatic carbocycles. The molecule has 0 saturated heterocycles. The smallest absolute Gasteiger partial charge is 0.261 e. The zero-order chi connectivity index (χ0) is 26.7. The highest BCUT2D eigenvalue weighted by atomic mass is 32.2. The third-order valence-electron chi connectivity index (χ3n) is 5.55. The number of carbonyl (C=O) groups is 1. The van der Waals surface area contributed by atoms with Crippen LogP contribution in [0.2, 0.25) is 0 Å². The van der Waals surface area contributed by atoms with Gasteiger partial charge < -0.3 is 9.15 Å². The van der Waals surface area contributed by atoms with E-state index in [2.05, 4.69) is 4.72 Å². The highest BCUT2D eigenvalue weighted by Gasteiger charge is 2.24. The normalized spacial score (nSPS) is 11.4. The van der Waals surface area contributed by atoms with E-state index in [1.165, 1.54) is 58.9 Å². The van der Waals surface area contributed by atoms with Crippen LogP contribution in [0.4, 0.5) is 15.2 Å². The first kappa shape index (κ1) is 25.4. The molecule has 0 aliphatic rings. The van der Waals surface area contributed by atoms with Gasteiger partial charge >= 0.3 is 0 Å². The van der Waals surface area contributed by atoms with Gasteiger partial charge in [-0.3, -0.25) is 14.4 Å². The Morgan fingerprint density at radius 1 is 1.05 bits per heavy atom. The van der Waals surface area contributed by atoms with E-state index >= 15 is 0 Å². The maximum atomic E-state index is 13.7. The fourth-order valence-corrected chi connectivity index (χ4v) is 5.79. The number of hydrogen-bond donors (Lipinski definition) is 1. The molecule has 2 heterocycles. The van der Waals surface area contributed by atoms with E-state index in [9.17, 15) is 17.6 Å². The molecule has 0 radical (unpaired) electrons. The summed E-state index contributed by atoms with van der Waals surface area (Å²) in [5, 5.41) is 0.467. The van der Waals surface area contributed by atoms with E-state index in [4.69, 9.17) is 14.1 Å². The van der Waals surface area contributed by atoms with Crippen LogP contribution in [0.1, 0.15) is 23.0 Å². The number of hydrogen-bond acceptors (Lipinski definition) is 7. The van der Waals surface area contributed by atoms with Crippen molar-refractivity contribution in [1.29, 1.82) is 0 Å². The van der Waals surface area contributed by atoms with Gasteiger partial charge in [0.05, 0.1) is 29.0 Å². The lowest BCUT2D eigenvalue weighted by Crippen LogP contribution is -2.30. The Balaban J connectivity index is 1.43. The number of nitrogens with zero attached hydrogens (tertiary/aromatic N) is 2. The van der Waals surface area contributed by atoms with Crippen LogP contribution in [0.15, 0.2) is 94.4 Å². The highest BCUT2D eigenvalue weighted by Crippen LogP contribution is 2.35. The Kier molecular flexibility index (Phi) is 7.12. The molecule has 0 unspecified atom stereocenters. The summed E-state index contributed by atoms with van der Waals surface area (Å²) in [5.41, 5.74) is 1.24. The van der Waals surface area contributed by atoms with Crippen molar-refractivity contribution in [3.63, 3.8) is 0 Å². The number of anilines is 2. The predicted octanol–water partition coefficient (Wildman–Crippen LogP) is 6.07. The van der Waals surface area contributed by atoms with Gasteiger partial charge in [0.2, 0.25) is 0 Å². The Morgan fingerprint density at radius 3 is 2.50 bits per heavy atom. The molecule has 0 aliphatic carbocycles. The molecule has 0 spiro atoms. The number of ether oxygens (including phenoxy) is 1. The maximum absolute atomic E-state index is 13.7. The molecule has 0 bridgehead atoms. The molecule has 38 heavy (non-hydrogen) atoms. The highest BCUT2D eigenvalue weighted by molar-refractivity contribution is 7.92. The summed E-state index contributed by atoms with van der Waals surface area (Å²) in [7, 11) is -3.93. The Hall–Kier alpha value is -4.22. The molecule has 5 aromatic rings. The standard InChI is InChI=1S/C27H22FN3O5S2/c1-2-35-23-6-3-7-24-25(23)29-27(37-24)31(17-21-5-4-16-36-21)26(32)18-8-12-20(13-9-18)30-38(33,34)22-14-10-19(28)11-15-22/h3-16,30H,2,17H2,1H3. The monoisotopic (exact) mass is 551 g/mol. The van der Waals surface area contributed by atoms with Crippen molar-refractivity contribution in [2.75, 3.05) is 16.2 Å². The maximum Gasteiger partial charge on any atom is 0.261 e. The SMILES string of the molecule is CCOc1cccc2sc(N(Cc3ccco3)C(=O)c3ccc(NS(=O)(=O)c4ccc(F)cc4)cc3)nc12. The second-order valence-corrected chi connectivity index (χ2v) is 10.8. The van der Waals surface area contributed by atoms with Gasteiger partial charge in [0, 0.05) is 11.3 Å². The van der Waals surface area contributed by atoms with Crippen LogP contribution >= 0.6 is 11.3 Å². The number of para-hydroxylation sites is 1. The summed E-state index contributed by atoms with van der Waals surface area (Å²) in [6.45, 7) is 2.52. The Bertz CT molecular complexity index is 1670. The third-order valence-corrected chi connectivity index (χ3v) is 7.99. The van der Waals surface area contributed by atoms with E-state index < -0.39 is 15.8 Å². The number of sulfonamides is 1. The van der Waals surface area contributed by atoms with Crippen LogP contribution in [0.25, 0.3) is 10.2 Å². The van der Waals surface area contributed by atoms with Crippen LogP contribution in [0.3, 0.4) is 0 Å². The van der Waals surface area contributed by atoms with Crippen molar-refractivity contribution >= 4 is 48.3 Å². The number of nitrogens with one attached hydrogen (secondary N) is 1. The largest absolute Gasteiger partial charge is 0.492 e. The number of fused-ring (bicyclic) bond motifs is 1. The average molecular weight is 552 g/mol. The van der Waals surface area contributed by atoms with Crippen LogP contribution in [0, 0.1) is 5.82 Å². The van der Waals surface area contributed by atoms with Crippen molar-refractivity contribution in [2.45, 2.75) is 18.4 Å². The first-order chi connectivity index (χ1) is 18.3. The second-order valence-electron chi connectivity index (χ2n) is 8.14. The molecular formula is C27H22FN3O5S2. The summed E-state index contributed by atoms with van der Waals surface area (Å²) >= 11 is 1.35. The van der Waals surface area contributed by atoms with Crippen LogP contribution in [-0.2, 0) is 16.6 Å². The Labute approximate surface area is 222 Å². The molecule has 194 valence electrons. The number of aromatic nitrogens is 1. The zero-order valence-corrected chi connectivity index (χ0v) is 21.8. The van der Waals surface area contributed by atoms with E-state index in [0.29, 0.717) is 34.3 Å². The van der Waals surface area contributed by atoms with E-state index in [1.54, 1.807) is 12.1 Å². The third kappa shape index (κ3) is 5.38. The molecule has 1 N–H and O–H groups in total. The van der Waals surface area contributed by atoms with Gasteiger partial charge in [0.15, 0.2) is 5.13 Å². The molecule has 1 amide bonds. The number of rotatable bonds is 9. The first-order valence-electron chi connectivity index (χ1n) is 11.6. The fourth-order valence-electron chi connectivity index (χ4n) is 3.75. The van der Waals surface area contributed by atoms with Gasteiger partial charge in [-0.25, -0.2) is 17.8 Å². The summed E-state index contributed by atoms with van der Waals surface area (Å²) in [6.07, 6.45) is 1.53. The summed E-state index contributed by atoms with van der Waals surface area (Å²) < 4.78 is 52.9. The molecule has 0 saturated carbocycles. The quantitative estimate of drug-likeness (QED) is 0.238. The second kappa shape index (κ2) is 10.6. The summed E-state index contributed by atoms with van der Waals surface area (Å²) in [4.78, 5) is 19.8. The number of carbonyl (C=O) groups excluding carboxylic acids is 1. The Morgan fingerprint density at radius 2 is 1.82 bits per heavy atom. The van der Waals surface area contributed by atoms with Crippen molar-refractivity contribution in [2.24, 2.45) is 0 Å². The van der Waals surface area contributed by atoms with Gasteiger partial charge in [0.1, 0.15) is 22.8 Å². The van der Waals surface area contributed by atoms with Gasteiger partial charge in [-0.2, -0.15) is 0 Å². The number of furan rings is 1. The topological polar surface area (TPSA) is 102 Å². The zero-order valence-electron chi connectivity index (χ0n) is 20.1. The van der Waals surface area contributed by atoms with Crippen LogP contribution in [0.5, 0.6) is 5.75 Å². The number of thiazole rings is 1. The molecule has 11 heteroatoms. The van der Waals surface area contributed by atoms with E-state index in [1.807, 2.05) is 25.1 Å². The number of amides is 1. The molecule has 2 aromatic heterocycles. The van der Waals surface area contributed by atoms with Crippen LogP contribution in [-0.4, -0.2) is 25.9 Å². The number of halogens is 1. The average Bonchev–Trinajstić information content (AvgIpc) is 3.58. The minimum absolute atomic E-state index is 0.0778. The van der Waals surface area contributed by atoms with Crippen molar-refractivity contribution in [3.8, 4) is 5.75 Å². The van der Waals surface area contributed by atoms with Crippen LogP contribution < -0.4 is 14.4 Å². The minimum atomic E-state index is -3.93. The molecule has 0 aliphatic heterocycles. The molecular weight excluding hydrogens is 529 g/mol. The molecule has 0 atom stereocenters. The minimum Gasteiger partial charge on any atom is -0.492 e. The van der Waals surface area contributed by atoms with Gasteiger partial charge in [-0.05, 0) is 79.7 Å². The number of benzene rings is 3. The summed E-state index contributed by atoms with van der Waals surface area (Å²) in [5.74, 6) is 0.335. The van der Waals surface area contributed by atoms with Crippen molar-refractivity contribution < 1.29 is 26.8 Å². The molecule has 8 nitrogen and oxygen atoms in total.